The predicted molar refractivity (Wildman–Crippen MR) is 82.8 cm³/mol. The molecule has 0 amide bonds. The van der Waals surface area contributed by atoms with Crippen LogP contribution in [0.4, 0.5) is 5.69 Å². The maximum absolute atomic E-state index is 4.41. The molecule has 0 aromatic carbocycles. The lowest BCUT2D eigenvalue weighted by molar-refractivity contribution is 0.720. The van der Waals surface area contributed by atoms with E-state index >= 15 is 0 Å². The normalized spacial score (nSPS) is 10.7. The Morgan fingerprint density at radius 1 is 1.42 bits per heavy atom. The Morgan fingerprint density at radius 2 is 2.26 bits per heavy atom. The van der Waals surface area contributed by atoms with Crippen molar-refractivity contribution in [3.63, 3.8) is 0 Å². The first-order valence-electron chi connectivity index (χ1n) is 6.59. The van der Waals surface area contributed by atoms with Crippen LogP contribution < -0.4 is 10.2 Å². The first kappa shape index (κ1) is 14.0. The van der Waals surface area contributed by atoms with Gasteiger partial charge in [0.25, 0.3) is 0 Å². The van der Waals surface area contributed by atoms with Crippen LogP contribution in [0.1, 0.15) is 23.7 Å². The minimum Gasteiger partial charge on any atom is -0.370 e. The molecule has 0 aliphatic heterocycles. The Labute approximate surface area is 119 Å². The van der Waals surface area contributed by atoms with Gasteiger partial charge in [-0.15, -0.1) is 0 Å². The molecule has 102 valence electrons. The summed E-state index contributed by atoms with van der Waals surface area (Å²) < 4.78 is 0. The number of nitrogens with one attached hydrogen (secondary N) is 1. The van der Waals surface area contributed by atoms with Crippen molar-refractivity contribution in [3.05, 3.63) is 45.9 Å². The van der Waals surface area contributed by atoms with Gasteiger partial charge in [-0.25, -0.2) is 0 Å². The van der Waals surface area contributed by atoms with E-state index in [4.69, 9.17) is 0 Å². The zero-order valence-electron chi connectivity index (χ0n) is 11.8. The Hall–Kier alpha value is -1.39. The largest absolute Gasteiger partial charge is 0.370 e. The van der Waals surface area contributed by atoms with E-state index in [1.54, 1.807) is 11.3 Å². The van der Waals surface area contributed by atoms with E-state index < -0.39 is 0 Å². The zero-order valence-corrected chi connectivity index (χ0v) is 12.6. The standard InChI is InChI=1S/C15H21N3S/c1-4-16-8-14-9-17-12(2)7-15(14)18(3)10-13-5-6-19-11-13/h5-7,9,11,16H,4,8,10H2,1-3H3. The van der Waals surface area contributed by atoms with Crippen molar-refractivity contribution in [2.24, 2.45) is 0 Å². The van der Waals surface area contributed by atoms with Gasteiger partial charge in [0.2, 0.25) is 0 Å². The van der Waals surface area contributed by atoms with Crippen LogP contribution in [0.5, 0.6) is 0 Å². The highest BCUT2D eigenvalue weighted by Gasteiger charge is 2.09. The van der Waals surface area contributed by atoms with Crippen molar-refractivity contribution in [1.29, 1.82) is 0 Å². The molecule has 0 saturated carbocycles. The highest BCUT2D eigenvalue weighted by atomic mass is 32.1. The van der Waals surface area contributed by atoms with E-state index in [-0.39, 0.29) is 0 Å². The number of nitrogens with zero attached hydrogens (tertiary/aromatic N) is 2. The van der Waals surface area contributed by atoms with Gasteiger partial charge in [0, 0.05) is 43.3 Å². The molecule has 0 fully saturated rings. The number of rotatable bonds is 6. The van der Waals surface area contributed by atoms with Gasteiger partial charge in [0.05, 0.1) is 0 Å². The molecule has 0 spiro atoms. The average Bonchev–Trinajstić information content (AvgIpc) is 2.90. The molecule has 1 N–H and O–H groups in total. The molecule has 19 heavy (non-hydrogen) atoms. The Morgan fingerprint density at radius 3 is 2.95 bits per heavy atom. The molecule has 2 aromatic rings. The molecule has 0 aliphatic carbocycles. The molecule has 4 heteroatoms. The number of anilines is 1. The first-order chi connectivity index (χ1) is 9.20. The second-order valence-corrected chi connectivity index (χ2v) is 5.50. The summed E-state index contributed by atoms with van der Waals surface area (Å²) in [5, 5.41) is 7.70. The third-order valence-corrected chi connectivity index (χ3v) is 3.81. The van der Waals surface area contributed by atoms with Crippen molar-refractivity contribution in [3.8, 4) is 0 Å². The third-order valence-electron chi connectivity index (χ3n) is 3.08. The summed E-state index contributed by atoms with van der Waals surface area (Å²) >= 11 is 1.75. The number of aromatic nitrogens is 1. The molecule has 2 aromatic heterocycles. The summed E-state index contributed by atoms with van der Waals surface area (Å²) in [6, 6.07) is 4.35. The minimum absolute atomic E-state index is 0.868. The van der Waals surface area contributed by atoms with Crippen molar-refractivity contribution in [2.45, 2.75) is 26.9 Å². The molecule has 0 saturated heterocycles. The number of pyridine rings is 1. The lowest BCUT2D eigenvalue weighted by Gasteiger charge is -2.22. The molecule has 2 rings (SSSR count). The fourth-order valence-corrected chi connectivity index (χ4v) is 2.73. The molecular formula is C15H21N3S. The van der Waals surface area contributed by atoms with E-state index in [0.717, 1.165) is 25.3 Å². The van der Waals surface area contributed by atoms with Crippen LogP contribution in [0.3, 0.4) is 0 Å². The van der Waals surface area contributed by atoms with Gasteiger partial charge in [0.1, 0.15) is 0 Å². The Kier molecular flexibility index (Phi) is 4.93. The molecule has 0 atom stereocenters. The fourth-order valence-electron chi connectivity index (χ4n) is 2.07. The maximum atomic E-state index is 4.41. The van der Waals surface area contributed by atoms with Crippen LogP contribution >= 0.6 is 11.3 Å². The summed E-state index contributed by atoms with van der Waals surface area (Å²) in [4.78, 5) is 6.70. The van der Waals surface area contributed by atoms with Crippen molar-refractivity contribution in [2.75, 3.05) is 18.5 Å². The summed E-state index contributed by atoms with van der Waals surface area (Å²) in [5.74, 6) is 0. The topological polar surface area (TPSA) is 28.2 Å². The SMILES string of the molecule is CCNCc1cnc(C)cc1N(C)Cc1ccsc1. The summed E-state index contributed by atoms with van der Waals surface area (Å²) in [6.07, 6.45) is 1.98. The summed E-state index contributed by atoms with van der Waals surface area (Å²) in [5.41, 5.74) is 4.94. The molecule has 0 aliphatic rings. The maximum Gasteiger partial charge on any atom is 0.0445 e. The summed E-state index contributed by atoms with van der Waals surface area (Å²) in [7, 11) is 2.14. The van der Waals surface area contributed by atoms with Gasteiger partial charge in [-0.2, -0.15) is 11.3 Å². The second-order valence-electron chi connectivity index (χ2n) is 4.72. The van der Waals surface area contributed by atoms with Crippen molar-refractivity contribution < 1.29 is 0 Å². The van der Waals surface area contributed by atoms with Crippen molar-refractivity contribution in [1.82, 2.24) is 10.3 Å². The number of thiophene rings is 1. The van der Waals surface area contributed by atoms with Crippen LogP contribution in [-0.2, 0) is 13.1 Å². The minimum atomic E-state index is 0.868. The smallest absolute Gasteiger partial charge is 0.0445 e. The number of hydrogen-bond acceptors (Lipinski definition) is 4. The molecule has 3 nitrogen and oxygen atoms in total. The fraction of sp³-hybridized carbons (Fsp3) is 0.400. The molecular weight excluding hydrogens is 254 g/mol. The number of aryl methyl sites for hydroxylation is 1. The lowest BCUT2D eigenvalue weighted by Crippen LogP contribution is -2.21. The van der Waals surface area contributed by atoms with Gasteiger partial charge in [-0.1, -0.05) is 6.92 Å². The Bertz CT molecular complexity index is 508. The van der Waals surface area contributed by atoms with Crippen molar-refractivity contribution >= 4 is 17.0 Å². The average molecular weight is 275 g/mol. The Balaban J connectivity index is 2.18. The van der Waals surface area contributed by atoms with Gasteiger partial charge in [0.15, 0.2) is 0 Å². The van der Waals surface area contributed by atoms with Crippen LogP contribution in [0.25, 0.3) is 0 Å². The predicted octanol–water partition coefficient (Wildman–Crippen LogP) is 3.20. The second kappa shape index (κ2) is 6.68. The molecule has 0 bridgehead atoms. The van der Waals surface area contributed by atoms with E-state index in [2.05, 4.69) is 52.1 Å². The van der Waals surface area contributed by atoms with Gasteiger partial charge < -0.3 is 10.2 Å². The van der Waals surface area contributed by atoms with Gasteiger partial charge >= 0.3 is 0 Å². The number of hydrogen-bond donors (Lipinski definition) is 1. The molecule has 0 radical (unpaired) electrons. The van der Waals surface area contributed by atoms with Crippen LogP contribution in [0.15, 0.2) is 29.1 Å². The van der Waals surface area contributed by atoms with E-state index in [1.165, 1.54) is 16.8 Å². The van der Waals surface area contributed by atoms with E-state index in [1.807, 2.05) is 13.1 Å². The zero-order chi connectivity index (χ0) is 13.7. The van der Waals surface area contributed by atoms with E-state index in [9.17, 15) is 0 Å². The summed E-state index contributed by atoms with van der Waals surface area (Å²) in [6.45, 7) is 6.94. The first-order valence-corrected chi connectivity index (χ1v) is 7.53. The van der Waals surface area contributed by atoms with Crippen LogP contribution in [0, 0.1) is 6.92 Å². The quantitative estimate of drug-likeness (QED) is 0.877. The molecule has 0 unspecified atom stereocenters. The van der Waals surface area contributed by atoms with Gasteiger partial charge in [-0.05, 0) is 41.9 Å². The third kappa shape index (κ3) is 3.78. The highest BCUT2D eigenvalue weighted by Crippen LogP contribution is 2.22. The van der Waals surface area contributed by atoms with E-state index in [0.29, 0.717) is 0 Å². The van der Waals surface area contributed by atoms with Crippen LogP contribution in [0.2, 0.25) is 0 Å². The highest BCUT2D eigenvalue weighted by molar-refractivity contribution is 7.07. The molecule has 2 heterocycles. The monoisotopic (exact) mass is 275 g/mol. The lowest BCUT2D eigenvalue weighted by atomic mass is 10.1. The van der Waals surface area contributed by atoms with Gasteiger partial charge in [-0.3, -0.25) is 4.98 Å². The van der Waals surface area contributed by atoms with Crippen LogP contribution in [-0.4, -0.2) is 18.6 Å².